The number of carbonyl (C=O) groups is 2. The molecule has 0 unspecified atom stereocenters. The maximum Gasteiger partial charge on any atom is 0.348 e. The summed E-state index contributed by atoms with van der Waals surface area (Å²) in [6.45, 7) is 6.33. The van der Waals surface area contributed by atoms with E-state index >= 15 is 0 Å². The Kier molecular flexibility index (Phi) is 6.08. The van der Waals surface area contributed by atoms with E-state index in [9.17, 15) is 14.4 Å². The second-order valence-corrected chi connectivity index (χ2v) is 6.35. The summed E-state index contributed by atoms with van der Waals surface area (Å²) in [5.41, 5.74) is 0.210. The molecule has 7 nitrogen and oxygen atoms in total. The second kappa shape index (κ2) is 8.05. The van der Waals surface area contributed by atoms with Crippen molar-refractivity contribution < 1.29 is 14.3 Å². The Morgan fingerprint density at radius 1 is 1.33 bits per heavy atom. The molecule has 8 heteroatoms. The molecule has 0 atom stereocenters. The first-order chi connectivity index (χ1) is 11.5. The molecule has 0 saturated heterocycles. The number of ether oxygens (including phenoxy) is 1. The average molecular weight is 351 g/mol. The van der Waals surface area contributed by atoms with Crippen LogP contribution in [0, 0.1) is 6.92 Å². The number of unbranched alkanes of at least 4 members (excludes halogenated alkanes) is 1. The molecular weight excluding hydrogens is 330 g/mol. The molecule has 0 saturated carbocycles. The molecule has 0 aliphatic rings. The lowest BCUT2D eigenvalue weighted by Crippen LogP contribution is -2.27. The van der Waals surface area contributed by atoms with Gasteiger partial charge in [-0.25, -0.2) is 9.78 Å². The van der Waals surface area contributed by atoms with E-state index in [4.69, 9.17) is 4.74 Å². The smallest absolute Gasteiger partial charge is 0.348 e. The fourth-order valence-corrected chi connectivity index (χ4v) is 3.38. The predicted molar refractivity (Wildman–Crippen MR) is 92.6 cm³/mol. The molecular formula is C16H21N3O4S. The van der Waals surface area contributed by atoms with Crippen LogP contribution in [-0.4, -0.2) is 35.0 Å². The molecule has 0 spiro atoms. The van der Waals surface area contributed by atoms with E-state index < -0.39 is 5.97 Å². The predicted octanol–water partition coefficient (Wildman–Crippen LogP) is 1.93. The van der Waals surface area contributed by atoms with Crippen molar-refractivity contribution >= 4 is 33.4 Å². The van der Waals surface area contributed by atoms with Gasteiger partial charge in [0.05, 0.1) is 18.4 Å². The van der Waals surface area contributed by atoms with Crippen molar-refractivity contribution in [2.75, 3.05) is 13.2 Å². The maximum absolute atomic E-state index is 12.3. The molecule has 0 aliphatic heterocycles. The minimum Gasteiger partial charge on any atom is -0.462 e. The first kappa shape index (κ1) is 18.1. The van der Waals surface area contributed by atoms with E-state index in [1.807, 2.05) is 6.92 Å². The van der Waals surface area contributed by atoms with E-state index in [0.29, 0.717) is 27.2 Å². The number of aromatic nitrogens is 2. The number of thiophene rings is 1. The highest BCUT2D eigenvalue weighted by Gasteiger charge is 2.20. The van der Waals surface area contributed by atoms with Gasteiger partial charge >= 0.3 is 5.97 Å². The average Bonchev–Trinajstić information content (AvgIpc) is 2.85. The second-order valence-electron chi connectivity index (χ2n) is 5.35. The Hall–Kier alpha value is -2.22. The fourth-order valence-electron chi connectivity index (χ4n) is 2.28. The minimum atomic E-state index is -0.462. The van der Waals surface area contributed by atoms with Crippen molar-refractivity contribution in [2.24, 2.45) is 0 Å². The lowest BCUT2D eigenvalue weighted by Gasteiger charge is -2.03. The number of amides is 1. The van der Waals surface area contributed by atoms with Gasteiger partial charge in [0.2, 0.25) is 5.91 Å². The molecule has 2 heterocycles. The largest absolute Gasteiger partial charge is 0.462 e. The first-order valence-corrected chi connectivity index (χ1v) is 8.75. The van der Waals surface area contributed by atoms with Crippen LogP contribution in [0.3, 0.4) is 0 Å². The topological polar surface area (TPSA) is 101 Å². The van der Waals surface area contributed by atoms with E-state index in [0.717, 1.165) is 24.2 Å². The molecule has 1 amide bonds. The number of esters is 1. The van der Waals surface area contributed by atoms with Crippen LogP contribution in [0.15, 0.2) is 4.79 Å². The van der Waals surface area contributed by atoms with Crippen molar-refractivity contribution in [3.8, 4) is 0 Å². The molecule has 0 aromatic carbocycles. The summed E-state index contributed by atoms with van der Waals surface area (Å²) in [5.74, 6) is -0.362. The molecule has 0 fully saturated rings. The van der Waals surface area contributed by atoms with Gasteiger partial charge in [-0.15, -0.1) is 11.3 Å². The number of nitrogens with zero attached hydrogens (tertiary/aromatic N) is 1. The SMILES string of the molecule is CCCCNC(=O)Cc1nc2sc(C(=O)OCC)c(C)c2c(=O)[nH]1. The third-order valence-electron chi connectivity index (χ3n) is 3.49. The van der Waals surface area contributed by atoms with E-state index in [2.05, 4.69) is 15.3 Å². The van der Waals surface area contributed by atoms with Gasteiger partial charge < -0.3 is 15.0 Å². The standard InChI is InChI=1S/C16H21N3O4S/c1-4-6-7-17-11(20)8-10-18-14(21)12-9(3)13(16(22)23-5-2)24-15(12)19-10/h4-8H2,1-3H3,(H,17,20)(H,18,19,21). The molecule has 2 rings (SSSR count). The van der Waals surface area contributed by atoms with Crippen LogP contribution in [0.25, 0.3) is 10.2 Å². The van der Waals surface area contributed by atoms with Crippen molar-refractivity contribution in [3.63, 3.8) is 0 Å². The minimum absolute atomic E-state index is 0.000577. The number of carbonyl (C=O) groups excluding carboxylic acids is 2. The molecule has 0 bridgehead atoms. The van der Waals surface area contributed by atoms with E-state index in [1.165, 1.54) is 0 Å². The zero-order chi connectivity index (χ0) is 17.7. The lowest BCUT2D eigenvalue weighted by atomic mass is 10.2. The van der Waals surface area contributed by atoms with Crippen molar-refractivity contribution in [2.45, 2.75) is 40.0 Å². The highest BCUT2D eigenvalue weighted by atomic mass is 32.1. The Balaban J connectivity index is 2.28. The molecule has 0 radical (unpaired) electrons. The summed E-state index contributed by atoms with van der Waals surface area (Å²) < 4.78 is 5.00. The highest BCUT2D eigenvalue weighted by molar-refractivity contribution is 7.20. The zero-order valence-electron chi connectivity index (χ0n) is 14.0. The monoisotopic (exact) mass is 351 g/mol. The number of hydrogen-bond acceptors (Lipinski definition) is 6. The van der Waals surface area contributed by atoms with Crippen molar-refractivity contribution in [3.05, 3.63) is 26.6 Å². The summed E-state index contributed by atoms with van der Waals surface area (Å²) >= 11 is 1.11. The Labute approximate surface area is 143 Å². The molecule has 2 N–H and O–H groups in total. The lowest BCUT2D eigenvalue weighted by molar-refractivity contribution is -0.120. The third-order valence-corrected chi connectivity index (χ3v) is 4.66. The Morgan fingerprint density at radius 2 is 2.08 bits per heavy atom. The molecule has 24 heavy (non-hydrogen) atoms. The van der Waals surface area contributed by atoms with Crippen molar-refractivity contribution in [1.29, 1.82) is 0 Å². The number of aryl methyl sites for hydroxylation is 1. The van der Waals surface area contributed by atoms with Crippen LogP contribution in [0.2, 0.25) is 0 Å². The van der Waals surface area contributed by atoms with E-state index in [-0.39, 0.29) is 30.3 Å². The van der Waals surface area contributed by atoms with Gasteiger partial charge in [-0.2, -0.15) is 0 Å². The zero-order valence-corrected chi connectivity index (χ0v) is 14.8. The summed E-state index contributed by atoms with van der Waals surface area (Å²) in [6, 6.07) is 0. The van der Waals surface area contributed by atoms with Crippen LogP contribution in [0.5, 0.6) is 0 Å². The Morgan fingerprint density at radius 3 is 2.75 bits per heavy atom. The summed E-state index contributed by atoms with van der Waals surface area (Å²) in [4.78, 5) is 43.8. The molecule has 0 aliphatic carbocycles. The first-order valence-electron chi connectivity index (χ1n) is 7.94. The number of aromatic amines is 1. The van der Waals surface area contributed by atoms with Crippen LogP contribution >= 0.6 is 11.3 Å². The number of fused-ring (bicyclic) bond motifs is 1. The molecule has 2 aromatic rings. The number of rotatable bonds is 7. The Bertz CT molecular complexity index is 809. The quantitative estimate of drug-likeness (QED) is 0.586. The van der Waals surface area contributed by atoms with E-state index in [1.54, 1.807) is 13.8 Å². The van der Waals surface area contributed by atoms with Gasteiger partial charge in [0.15, 0.2) is 0 Å². The van der Waals surface area contributed by atoms with Crippen LogP contribution in [0.4, 0.5) is 0 Å². The third kappa shape index (κ3) is 4.00. The number of H-pyrrole nitrogens is 1. The van der Waals surface area contributed by atoms with Gasteiger partial charge in [0.1, 0.15) is 15.5 Å². The summed E-state index contributed by atoms with van der Waals surface area (Å²) in [7, 11) is 0. The summed E-state index contributed by atoms with van der Waals surface area (Å²) in [6.07, 6.45) is 1.90. The van der Waals surface area contributed by atoms with Crippen LogP contribution in [0.1, 0.15) is 47.7 Å². The molecule has 2 aromatic heterocycles. The summed E-state index contributed by atoms with van der Waals surface area (Å²) in [5, 5.41) is 3.15. The fraction of sp³-hybridized carbons (Fsp3) is 0.500. The maximum atomic E-state index is 12.3. The van der Waals surface area contributed by atoms with Gasteiger partial charge in [0, 0.05) is 6.54 Å². The molecule has 130 valence electrons. The van der Waals surface area contributed by atoms with Crippen molar-refractivity contribution in [1.82, 2.24) is 15.3 Å². The normalized spacial score (nSPS) is 10.8. The van der Waals surface area contributed by atoms with Crippen LogP contribution in [-0.2, 0) is 16.0 Å². The van der Waals surface area contributed by atoms with Gasteiger partial charge in [-0.3, -0.25) is 9.59 Å². The van der Waals surface area contributed by atoms with Crippen LogP contribution < -0.4 is 10.9 Å². The number of hydrogen-bond donors (Lipinski definition) is 2. The highest BCUT2D eigenvalue weighted by Crippen LogP contribution is 2.27. The van der Waals surface area contributed by atoms with Gasteiger partial charge in [-0.05, 0) is 25.8 Å². The number of nitrogens with one attached hydrogen (secondary N) is 2. The van der Waals surface area contributed by atoms with Gasteiger partial charge in [-0.1, -0.05) is 13.3 Å². The van der Waals surface area contributed by atoms with Gasteiger partial charge in [0.25, 0.3) is 5.56 Å².